The summed E-state index contributed by atoms with van der Waals surface area (Å²) in [6, 6.07) is 13.5. The predicted molar refractivity (Wildman–Crippen MR) is 126 cm³/mol. The highest BCUT2D eigenvalue weighted by atomic mass is 35.5. The number of nitrogens with one attached hydrogen (secondary N) is 3. The normalized spacial score (nSPS) is 14.3. The Morgan fingerprint density at radius 2 is 1.91 bits per heavy atom. The molecular formula is C23H20ClN7O3. The molecular weight excluding hydrogens is 458 g/mol. The average molecular weight is 478 g/mol. The minimum Gasteiger partial charge on any atom is -0.339 e. The van der Waals surface area contributed by atoms with Gasteiger partial charge in [0.05, 0.1) is 5.56 Å². The predicted octanol–water partition coefficient (Wildman–Crippen LogP) is 2.85. The third-order valence-corrected chi connectivity index (χ3v) is 6.16. The van der Waals surface area contributed by atoms with Crippen molar-refractivity contribution in [3.05, 3.63) is 69.5 Å². The molecule has 0 atom stereocenters. The summed E-state index contributed by atoms with van der Waals surface area (Å²) in [5.74, 6) is -0.143. The maximum Gasteiger partial charge on any atom is 0.254 e. The molecule has 1 fully saturated rings. The molecule has 0 unspecified atom stereocenters. The maximum atomic E-state index is 13.2. The van der Waals surface area contributed by atoms with Gasteiger partial charge in [0.2, 0.25) is 17.3 Å². The summed E-state index contributed by atoms with van der Waals surface area (Å²) in [6.07, 6.45) is 1.04. The van der Waals surface area contributed by atoms with Gasteiger partial charge < -0.3 is 15.2 Å². The first kappa shape index (κ1) is 21.8. The van der Waals surface area contributed by atoms with E-state index in [0.717, 1.165) is 5.56 Å². The van der Waals surface area contributed by atoms with E-state index in [1.54, 1.807) is 41.3 Å². The number of halogens is 1. The molecule has 11 heteroatoms. The van der Waals surface area contributed by atoms with E-state index in [1.807, 2.05) is 6.07 Å². The number of likely N-dealkylation sites (tertiary alicyclic amines) is 1. The minimum atomic E-state index is -0.351. The van der Waals surface area contributed by atoms with Crippen LogP contribution in [0.25, 0.3) is 22.3 Å². The second-order valence-corrected chi connectivity index (χ2v) is 8.55. The Balaban J connectivity index is 1.26. The standard InChI is InChI=1S/C23H20ClN7O3/c24-15-4-5-19-17(11-15)18(12-20(32)26-19)23(34)31-8-6-13(7-9-31)22(33)25-16-3-1-2-14(10-16)21-27-29-30-28-21/h1-5,10-13H,6-9H2,(H,25,33)(H,26,32)(H,27,28,29,30). The van der Waals surface area contributed by atoms with E-state index in [1.165, 1.54) is 6.07 Å². The van der Waals surface area contributed by atoms with Crippen molar-refractivity contribution in [3.8, 4) is 11.4 Å². The highest BCUT2D eigenvalue weighted by Crippen LogP contribution is 2.25. The molecule has 5 rings (SSSR count). The number of tetrazole rings is 1. The van der Waals surface area contributed by atoms with Crippen LogP contribution in [0.3, 0.4) is 0 Å². The van der Waals surface area contributed by atoms with Gasteiger partial charge >= 0.3 is 0 Å². The number of rotatable bonds is 4. The third kappa shape index (κ3) is 4.40. The topological polar surface area (TPSA) is 137 Å². The van der Waals surface area contributed by atoms with Crippen LogP contribution in [0.5, 0.6) is 0 Å². The largest absolute Gasteiger partial charge is 0.339 e. The second-order valence-electron chi connectivity index (χ2n) is 8.11. The van der Waals surface area contributed by atoms with E-state index >= 15 is 0 Å². The van der Waals surface area contributed by atoms with E-state index in [9.17, 15) is 14.4 Å². The van der Waals surface area contributed by atoms with Crippen LogP contribution in [0, 0.1) is 5.92 Å². The first-order valence-corrected chi connectivity index (χ1v) is 11.1. The van der Waals surface area contributed by atoms with E-state index in [0.29, 0.717) is 58.9 Å². The number of piperidine rings is 1. The van der Waals surface area contributed by atoms with Gasteiger partial charge in [-0.3, -0.25) is 14.4 Å². The number of aromatic nitrogens is 5. The van der Waals surface area contributed by atoms with Gasteiger partial charge in [0.25, 0.3) is 5.91 Å². The summed E-state index contributed by atoms with van der Waals surface area (Å²) in [7, 11) is 0. The zero-order valence-corrected chi connectivity index (χ0v) is 18.7. The number of hydrogen-bond acceptors (Lipinski definition) is 6. The Morgan fingerprint density at radius 1 is 1.09 bits per heavy atom. The monoisotopic (exact) mass is 477 g/mol. The van der Waals surface area contributed by atoms with Crippen molar-refractivity contribution in [2.24, 2.45) is 5.92 Å². The summed E-state index contributed by atoms with van der Waals surface area (Å²) >= 11 is 6.11. The smallest absolute Gasteiger partial charge is 0.254 e. The fourth-order valence-electron chi connectivity index (χ4n) is 4.18. The highest BCUT2D eigenvalue weighted by molar-refractivity contribution is 6.31. The van der Waals surface area contributed by atoms with Crippen LogP contribution in [-0.4, -0.2) is 55.4 Å². The molecule has 2 aromatic heterocycles. The number of nitrogens with zero attached hydrogens (tertiary/aromatic N) is 4. The average Bonchev–Trinajstić information content (AvgIpc) is 3.39. The van der Waals surface area contributed by atoms with Gasteiger partial charge in [-0.2, -0.15) is 5.21 Å². The lowest BCUT2D eigenvalue weighted by atomic mass is 9.95. The zero-order chi connectivity index (χ0) is 23.7. The maximum absolute atomic E-state index is 13.2. The summed E-state index contributed by atoms with van der Waals surface area (Å²) in [5.41, 5.74) is 1.88. The first-order chi connectivity index (χ1) is 16.5. The quantitative estimate of drug-likeness (QED) is 0.413. The second kappa shape index (κ2) is 9.06. The number of amides is 2. The molecule has 172 valence electrons. The van der Waals surface area contributed by atoms with Gasteiger partial charge in [-0.05, 0) is 48.4 Å². The molecule has 1 aliphatic rings. The van der Waals surface area contributed by atoms with Crippen LogP contribution in [0.2, 0.25) is 5.02 Å². The number of carbonyl (C=O) groups is 2. The molecule has 0 spiro atoms. The molecule has 0 aliphatic carbocycles. The lowest BCUT2D eigenvalue weighted by molar-refractivity contribution is -0.121. The van der Waals surface area contributed by atoms with Crippen molar-refractivity contribution in [3.63, 3.8) is 0 Å². The molecule has 2 amide bonds. The van der Waals surface area contributed by atoms with Crippen molar-refractivity contribution >= 4 is 40.0 Å². The Labute approximate surface area is 198 Å². The SMILES string of the molecule is O=C(Nc1cccc(-c2nn[nH]n2)c1)C1CCN(C(=O)c2cc(=O)[nH]c3ccc(Cl)cc23)CC1. The molecule has 0 bridgehead atoms. The molecule has 0 saturated carbocycles. The Bertz CT molecular complexity index is 1430. The van der Waals surface area contributed by atoms with Gasteiger partial charge in [-0.1, -0.05) is 23.7 Å². The molecule has 3 N–H and O–H groups in total. The van der Waals surface area contributed by atoms with Crippen molar-refractivity contribution in [1.29, 1.82) is 0 Å². The third-order valence-electron chi connectivity index (χ3n) is 5.92. The lowest BCUT2D eigenvalue weighted by Crippen LogP contribution is -2.41. The summed E-state index contributed by atoms with van der Waals surface area (Å²) in [6.45, 7) is 0.823. The summed E-state index contributed by atoms with van der Waals surface area (Å²) < 4.78 is 0. The van der Waals surface area contributed by atoms with Crippen molar-refractivity contribution in [1.82, 2.24) is 30.5 Å². The Kier molecular flexibility index (Phi) is 5.81. The summed E-state index contributed by atoms with van der Waals surface area (Å²) in [5, 5.41) is 17.9. The fraction of sp³-hybridized carbons (Fsp3) is 0.217. The number of pyridine rings is 1. The molecule has 0 radical (unpaired) electrons. The zero-order valence-electron chi connectivity index (χ0n) is 17.9. The number of benzene rings is 2. The van der Waals surface area contributed by atoms with Crippen LogP contribution in [0.4, 0.5) is 5.69 Å². The van der Waals surface area contributed by atoms with E-state index in [-0.39, 0.29) is 23.3 Å². The number of anilines is 1. The fourth-order valence-corrected chi connectivity index (χ4v) is 4.35. The highest BCUT2D eigenvalue weighted by Gasteiger charge is 2.29. The molecule has 4 aromatic rings. The minimum absolute atomic E-state index is 0.106. The molecule has 10 nitrogen and oxygen atoms in total. The Hall–Kier alpha value is -4.05. The van der Waals surface area contributed by atoms with E-state index in [4.69, 9.17) is 11.6 Å². The molecule has 3 heterocycles. The van der Waals surface area contributed by atoms with Crippen molar-refractivity contribution in [2.75, 3.05) is 18.4 Å². The van der Waals surface area contributed by atoms with Crippen LogP contribution >= 0.6 is 11.6 Å². The molecule has 1 aliphatic heterocycles. The Morgan fingerprint density at radius 3 is 2.68 bits per heavy atom. The number of aromatic amines is 2. The lowest BCUT2D eigenvalue weighted by Gasteiger charge is -2.31. The number of hydrogen-bond donors (Lipinski definition) is 3. The van der Waals surface area contributed by atoms with Gasteiger partial charge in [-0.15, -0.1) is 10.2 Å². The molecule has 2 aromatic carbocycles. The van der Waals surface area contributed by atoms with Gasteiger partial charge in [0.1, 0.15) is 0 Å². The number of H-pyrrole nitrogens is 2. The number of fused-ring (bicyclic) bond motifs is 1. The van der Waals surface area contributed by atoms with Crippen LogP contribution < -0.4 is 10.9 Å². The summed E-state index contributed by atoms with van der Waals surface area (Å²) in [4.78, 5) is 42.5. The van der Waals surface area contributed by atoms with Gasteiger partial charge in [0.15, 0.2) is 0 Å². The molecule has 34 heavy (non-hydrogen) atoms. The number of carbonyl (C=O) groups excluding carboxylic acids is 2. The van der Waals surface area contributed by atoms with Crippen LogP contribution in [0.15, 0.2) is 53.3 Å². The first-order valence-electron chi connectivity index (χ1n) is 10.7. The van der Waals surface area contributed by atoms with Gasteiger partial charge in [-0.25, -0.2) is 0 Å². The van der Waals surface area contributed by atoms with Crippen LogP contribution in [-0.2, 0) is 4.79 Å². The van der Waals surface area contributed by atoms with Crippen molar-refractivity contribution < 1.29 is 9.59 Å². The molecule has 1 saturated heterocycles. The van der Waals surface area contributed by atoms with Crippen molar-refractivity contribution in [2.45, 2.75) is 12.8 Å². The van der Waals surface area contributed by atoms with Gasteiger partial charge in [0, 0.05) is 52.3 Å². The van der Waals surface area contributed by atoms with E-state index < -0.39 is 0 Å². The van der Waals surface area contributed by atoms with E-state index in [2.05, 4.69) is 30.9 Å². The van der Waals surface area contributed by atoms with Crippen LogP contribution in [0.1, 0.15) is 23.2 Å².